The van der Waals surface area contributed by atoms with E-state index < -0.39 is 15.3 Å². The first-order chi connectivity index (χ1) is 10.1. The molecule has 0 fully saturated rings. The largest absolute Gasteiger partial charge is 0.594 e. The number of benzene rings is 2. The molecule has 21 heavy (non-hydrogen) atoms. The first-order valence-corrected chi connectivity index (χ1v) is 10.9. The lowest BCUT2D eigenvalue weighted by molar-refractivity contribution is -0.158. The van der Waals surface area contributed by atoms with E-state index in [2.05, 4.69) is 24.3 Å². The molecule has 0 heterocycles. The Labute approximate surface area is 128 Å². The van der Waals surface area contributed by atoms with Crippen molar-refractivity contribution in [2.75, 3.05) is 12.8 Å². The second-order valence-electron chi connectivity index (χ2n) is 5.32. The van der Waals surface area contributed by atoms with Crippen LogP contribution in [0.1, 0.15) is 11.1 Å². The quantitative estimate of drug-likeness (QED) is 0.717. The van der Waals surface area contributed by atoms with Gasteiger partial charge in [0.25, 0.3) is 0 Å². The van der Waals surface area contributed by atoms with E-state index in [-0.39, 0.29) is 0 Å². The molecule has 0 aromatic heterocycles. The van der Waals surface area contributed by atoms with Crippen molar-refractivity contribution in [3.8, 4) is 0 Å². The van der Waals surface area contributed by atoms with Crippen LogP contribution in [0.3, 0.4) is 0 Å². The molecular weight excluding hydrogens is 298 g/mol. The average Bonchev–Trinajstić information content (AvgIpc) is 2.49. The molecule has 2 nitrogen and oxygen atoms in total. The predicted octanol–water partition coefficient (Wildman–Crippen LogP) is 4.22. The summed E-state index contributed by atoms with van der Waals surface area (Å²) in [5.74, 6) is 0.374. The predicted molar refractivity (Wildman–Crippen MR) is 89.1 cm³/mol. The fourth-order valence-electron chi connectivity index (χ4n) is 2.54. The maximum absolute atomic E-state index is 11.2. The monoisotopic (exact) mass is 318 g/mol. The van der Waals surface area contributed by atoms with Crippen molar-refractivity contribution in [3.63, 3.8) is 0 Å². The fourth-order valence-corrected chi connectivity index (χ4v) is 4.77. The molecule has 0 aliphatic rings. The van der Waals surface area contributed by atoms with Crippen LogP contribution in [0.25, 0.3) is 0 Å². The maximum Gasteiger partial charge on any atom is 0.325 e. The second kappa shape index (κ2) is 8.39. The Kier molecular flexibility index (Phi) is 6.51. The van der Waals surface area contributed by atoms with Gasteiger partial charge in [0.05, 0.1) is 0 Å². The fraction of sp³-hybridized carbons (Fsp3) is 0.294. The Balaban J connectivity index is 2.08. The van der Waals surface area contributed by atoms with Gasteiger partial charge in [-0.25, -0.2) is 0 Å². The molecule has 0 saturated carbocycles. The SMILES string of the molecule is CP(CC(Cc1ccccc1)Cc1ccccc1)[P+](=O)[O-]. The van der Waals surface area contributed by atoms with Gasteiger partial charge < -0.3 is 4.89 Å². The smallest absolute Gasteiger partial charge is 0.325 e. The van der Waals surface area contributed by atoms with E-state index >= 15 is 0 Å². The van der Waals surface area contributed by atoms with Crippen molar-refractivity contribution < 1.29 is 9.46 Å². The molecule has 4 heteroatoms. The summed E-state index contributed by atoms with van der Waals surface area (Å²) in [6.07, 6.45) is 2.65. The van der Waals surface area contributed by atoms with Crippen LogP contribution in [-0.2, 0) is 17.4 Å². The van der Waals surface area contributed by atoms with Crippen LogP contribution in [-0.4, -0.2) is 12.8 Å². The average molecular weight is 318 g/mol. The third-order valence-electron chi connectivity index (χ3n) is 3.54. The molecule has 2 aromatic rings. The number of hydrogen-bond donors (Lipinski definition) is 0. The summed E-state index contributed by atoms with van der Waals surface area (Å²) in [6, 6.07) is 20.7. The van der Waals surface area contributed by atoms with Gasteiger partial charge in [-0.15, -0.1) is 0 Å². The van der Waals surface area contributed by atoms with Crippen LogP contribution in [0, 0.1) is 5.92 Å². The first-order valence-electron chi connectivity index (χ1n) is 7.08. The molecule has 0 aliphatic heterocycles. The molecule has 2 atom stereocenters. The highest BCUT2D eigenvalue weighted by Gasteiger charge is 2.22. The lowest BCUT2D eigenvalue weighted by atomic mass is 9.94. The van der Waals surface area contributed by atoms with Gasteiger partial charge in [-0.2, -0.15) is 0 Å². The standard InChI is InChI=1S/C17H20O2P2/c1-20(21(18)19)14-17(12-15-8-4-2-5-9-15)13-16-10-6-3-7-11-16/h2-11,17H,12-14H2,1H3. The summed E-state index contributed by atoms with van der Waals surface area (Å²) in [7, 11) is -3.20. The van der Waals surface area contributed by atoms with Gasteiger partial charge in [-0.1, -0.05) is 65.2 Å². The van der Waals surface area contributed by atoms with E-state index in [1.807, 2.05) is 43.1 Å². The molecule has 0 bridgehead atoms. The van der Waals surface area contributed by atoms with Crippen molar-refractivity contribution in [1.82, 2.24) is 0 Å². The first kappa shape index (κ1) is 16.3. The Morgan fingerprint density at radius 2 is 1.38 bits per heavy atom. The van der Waals surface area contributed by atoms with Gasteiger partial charge in [0.1, 0.15) is 0 Å². The van der Waals surface area contributed by atoms with E-state index in [9.17, 15) is 9.46 Å². The van der Waals surface area contributed by atoms with Crippen molar-refractivity contribution in [2.45, 2.75) is 12.8 Å². The van der Waals surface area contributed by atoms with Crippen LogP contribution in [0.5, 0.6) is 0 Å². The van der Waals surface area contributed by atoms with Gasteiger partial charge in [-0.05, 0) is 29.9 Å². The van der Waals surface area contributed by atoms with Crippen LogP contribution < -0.4 is 4.89 Å². The zero-order valence-electron chi connectivity index (χ0n) is 12.2. The van der Waals surface area contributed by atoms with Gasteiger partial charge in [0, 0.05) is 12.8 Å². The zero-order valence-corrected chi connectivity index (χ0v) is 14.0. The lowest BCUT2D eigenvalue weighted by Gasteiger charge is -2.17. The molecule has 0 spiro atoms. The van der Waals surface area contributed by atoms with Gasteiger partial charge in [-0.3, -0.25) is 0 Å². The summed E-state index contributed by atoms with van der Waals surface area (Å²) >= 11 is 0. The van der Waals surface area contributed by atoms with Crippen molar-refractivity contribution >= 4 is 15.3 Å². The van der Waals surface area contributed by atoms with Gasteiger partial charge in [0.2, 0.25) is 0 Å². The molecule has 0 N–H and O–H groups in total. The normalized spacial score (nSPS) is 13.2. The van der Waals surface area contributed by atoms with Crippen molar-refractivity contribution in [3.05, 3.63) is 71.8 Å². The molecule has 0 saturated heterocycles. The Bertz CT molecular complexity index is 516. The van der Waals surface area contributed by atoms with E-state index in [0.717, 1.165) is 19.0 Å². The third kappa shape index (κ3) is 5.67. The summed E-state index contributed by atoms with van der Waals surface area (Å²) in [5, 5.41) is 0. The minimum absolute atomic E-state index is 0.374. The van der Waals surface area contributed by atoms with E-state index in [0.29, 0.717) is 5.92 Å². The number of hydrogen-bond acceptors (Lipinski definition) is 2. The molecule has 2 rings (SSSR count). The van der Waals surface area contributed by atoms with Gasteiger partial charge in [0.15, 0.2) is 7.61 Å². The maximum atomic E-state index is 11.2. The van der Waals surface area contributed by atoms with E-state index in [1.165, 1.54) is 11.1 Å². The Morgan fingerprint density at radius 1 is 0.952 bits per heavy atom. The van der Waals surface area contributed by atoms with Crippen LogP contribution in [0.4, 0.5) is 0 Å². The molecule has 110 valence electrons. The molecule has 0 radical (unpaired) electrons. The van der Waals surface area contributed by atoms with Crippen LogP contribution in [0.2, 0.25) is 0 Å². The highest BCUT2D eigenvalue weighted by atomic mass is 32.1. The summed E-state index contributed by atoms with van der Waals surface area (Å²) in [6.45, 7) is 1.87. The second-order valence-corrected chi connectivity index (χ2v) is 10.5. The molecule has 0 amide bonds. The Hall–Kier alpha value is -1.07. The van der Waals surface area contributed by atoms with Crippen LogP contribution in [0.15, 0.2) is 60.7 Å². The van der Waals surface area contributed by atoms with Crippen LogP contribution >= 0.6 is 15.3 Å². The minimum atomic E-state index is -2.28. The summed E-state index contributed by atoms with van der Waals surface area (Å²) in [4.78, 5) is 11.2. The number of rotatable bonds is 7. The van der Waals surface area contributed by atoms with Gasteiger partial charge >= 0.3 is 7.72 Å². The zero-order chi connectivity index (χ0) is 15.1. The molecule has 2 unspecified atom stereocenters. The highest BCUT2D eigenvalue weighted by molar-refractivity contribution is 8.21. The highest BCUT2D eigenvalue weighted by Crippen LogP contribution is 2.54. The van der Waals surface area contributed by atoms with Crippen molar-refractivity contribution in [2.24, 2.45) is 5.92 Å². The molecule has 2 aromatic carbocycles. The molecular formula is C17H20O2P2. The topological polar surface area (TPSA) is 40.1 Å². The summed E-state index contributed by atoms with van der Waals surface area (Å²) in [5.41, 5.74) is 2.56. The van der Waals surface area contributed by atoms with E-state index in [1.54, 1.807) is 0 Å². The van der Waals surface area contributed by atoms with E-state index in [4.69, 9.17) is 0 Å². The van der Waals surface area contributed by atoms with Crippen molar-refractivity contribution in [1.29, 1.82) is 0 Å². The lowest BCUT2D eigenvalue weighted by Crippen LogP contribution is -2.12. The Morgan fingerprint density at radius 3 is 1.76 bits per heavy atom. The third-order valence-corrected chi connectivity index (χ3v) is 7.30. The minimum Gasteiger partial charge on any atom is -0.594 e. The summed E-state index contributed by atoms with van der Waals surface area (Å²) < 4.78 is 11.2. The molecule has 0 aliphatic carbocycles.